The van der Waals surface area contributed by atoms with Crippen LogP contribution < -0.4 is 4.74 Å². The van der Waals surface area contributed by atoms with Gasteiger partial charge in [0.2, 0.25) is 0 Å². The number of hydrogen-bond acceptors (Lipinski definition) is 5. The molecular formula is C26H23FN2O4. The standard InChI is InChI=1S/C26H23FN2O4/c1-3-33-21-11-10-18(13-16(21)2)24(30)22-23(19-8-4-5-9-20(19)27)29(26(32)25(22)31)15-17-7-6-12-28-14-17/h4-14,23,30H,3,15H2,1-2H3. The van der Waals surface area contributed by atoms with Gasteiger partial charge in [0.1, 0.15) is 17.3 Å². The number of hydrogen-bond donors (Lipinski definition) is 1. The second-order valence-corrected chi connectivity index (χ2v) is 7.72. The Labute approximate surface area is 191 Å². The lowest BCUT2D eigenvalue weighted by molar-refractivity contribution is -0.140. The Balaban J connectivity index is 1.86. The summed E-state index contributed by atoms with van der Waals surface area (Å²) in [5, 5.41) is 11.2. The molecule has 1 N–H and O–H groups in total. The summed E-state index contributed by atoms with van der Waals surface area (Å²) in [6.07, 6.45) is 3.17. The minimum Gasteiger partial charge on any atom is -0.507 e. The van der Waals surface area contributed by atoms with Gasteiger partial charge in [0, 0.05) is 30.1 Å². The van der Waals surface area contributed by atoms with Crippen molar-refractivity contribution in [3.63, 3.8) is 0 Å². The first kappa shape index (κ1) is 22.2. The number of ether oxygens (including phenoxy) is 1. The number of pyridine rings is 1. The van der Waals surface area contributed by atoms with Gasteiger partial charge in [-0.2, -0.15) is 0 Å². The third-order valence-electron chi connectivity index (χ3n) is 5.56. The highest BCUT2D eigenvalue weighted by molar-refractivity contribution is 6.46. The predicted octanol–water partition coefficient (Wildman–Crippen LogP) is 4.55. The summed E-state index contributed by atoms with van der Waals surface area (Å²) in [6, 6.07) is 13.3. The summed E-state index contributed by atoms with van der Waals surface area (Å²) in [7, 11) is 0. The van der Waals surface area contributed by atoms with Gasteiger partial charge < -0.3 is 14.7 Å². The van der Waals surface area contributed by atoms with Crippen molar-refractivity contribution in [2.45, 2.75) is 26.4 Å². The first-order valence-corrected chi connectivity index (χ1v) is 10.6. The molecule has 4 rings (SSSR count). The quantitative estimate of drug-likeness (QED) is 0.341. The van der Waals surface area contributed by atoms with Crippen molar-refractivity contribution < 1.29 is 23.8 Å². The molecule has 7 heteroatoms. The molecule has 3 aromatic rings. The minimum atomic E-state index is -1.08. The third-order valence-corrected chi connectivity index (χ3v) is 5.56. The van der Waals surface area contributed by atoms with Crippen LogP contribution in [-0.4, -0.2) is 33.3 Å². The summed E-state index contributed by atoms with van der Waals surface area (Å²) in [5.74, 6) is -1.96. The fourth-order valence-corrected chi connectivity index (χ4v) is 4.02. The number of rotatable bonds is 6. The highest BCUT2D eigenvalue weighted by atomic mass is 19.1. The number of nitrogens with zero attached hydrogens (tertiary/aromatic N) is 2. The Hall–Kier alpha value is -4.00. The van der Waals surface area contributed by atoms with E-state index in [9.17, 15) is 19.1 Å². The van der Waals surface area contributed by atoms with Crippen LogP contribution in [0.1, 0.15) is 35.2 Å². The molecule has 1 aromatic heterocycles. The Morgan fingerprint density at radius 1 is 1.15 bits per heavy atom. The number of benzene rings is 2. The average Bonchev–Trinajstić information content (AvgIpc) is 3.06. The topological polar surface area (TPSA) is 79.7 Å². The molecule has 168 valence electrons. The number of aryl methyl sites for hydroxylation is 1. The van der Waals surface area contributed by atoms with Crippen LogP contribution in [0.15, 0.2) is 72.6 Å². The van der Waals surface area contributed by atoms with Crippen LogP contribution in [0.4, 0.5) is 4.39 Å². The maximum atomic E-state index is 14.9. The van der Waals surface area contributed by atoms with Crippen LogP contribution in [0.25, 0.3) is 5.76 Å². The Kier molecular flexibility index (Phi) is 6.22. The zero-order valence-electron chi connectivity index (χ0n) is 18.3. The van der Waals surface area contributed by atoms with E-state index < -0.39 is 23.5 Å². The molecule has 0 saturated carbocycles. The number of carbonyl (C=O) groups is 2. The molecule has 0 spiro atoms. The molecule has 2 aromatic carbocycles. The first-order valence-electron chi connectivity index (χ1n) is 10.6. The molecule has 0 radical (unpaired) electrons. The van der Waals surface area contributed by atoms with Crippen molar-refractivity contribution in [1.29, 1.82) is 0 Å². The summed E-state index contributed by atoms with van der Waals surface area (Å²) in [4.78, 5) is 31.4. The fourth-order valence-electron chi connectivity index (χ4n) is 4.02. The van der Waals surface area contributed by atoms with Crippen molar-refractivity contribution >= 4 is 17.4 Å². The summed E-state index contributed by atoms with van der Waals surface area (Å²) >= 11 is 0. The zero-order chi connectivity index (χ0) is 23.5. The number of amides is 1. The van der Waals surface area contributed by atoms with Gasteiger partial charge in [0.25, 0.3) is 11.7 Å². The second-order valence-electron chi connectivity index (χ2n) is 7.72. The number of aliphatic hydroxyl groups is 1. The maximum Gasteiger partial charge on any atom is 0.295 e. The van der Waals surface area contributed by atoms with E-state index >= 15 is 0 Å². The highest BCUT2D eigenvalue weighted by Gasteiger charge is 2.47. The van der Waals surface area contributed by atoms with Crippen molar-refractivity contribution in [1.82, 2.24) is 9.88 Å². The molecule has 1 amide bonds. The normalized spacial score (nSPS) is 17.4. The number of ketones is 1. The average molecular weight is 446 g/mol. The van der Waals surface area contributed by atoms with E-state index in [4.69, 9.17) is 4.74 Å². The van der Waals surface area contributed by atoms with Gasteiger partial charge in [0.05, 0.1) is 18.2 Å². The number of aromatic nitrogens is 1. The zero-order valence-corrected chi connectivity index (χ0v) is 18.3. The number of halogens is 1. The first-order chi connectivity index (χ1) is 15.9. The van der Waals surface area contributed by atoms with E-state index in [1.54, 1.807) is 48.8 Å². The van der Waals surface area contributed by atoms with E-state index in [1.165, 1.54) is 23.1 Å². The largest absolute Gasteiger partial charge is 0.507 e. The molecular weight excluding hydrogens is 423 g/mol. The van der Waals surface area contributed by atoms with Gasteiger partial charge >= 0.3 is 0 Å². The van der Waals surface area contributed by atoms with Crippen molar-refractivity contribution in [2.24, 2.45) is 0 Å². The smallest absolute Gasteiger partial charge is 0.295 e. The number of carbonyl (C=O) groups excluding carboxylic acids is 2. The molecule has 0 bridgehead atoms. The molecule has 33 heavy (non-hydrogen) atoms. The Morgan fingerprint density at radius 3 is 2.61 bits per heavy atom. The summed E-state index contributed by atoms with van der Waals surface area (Å²) < 4.78 is 20.4. The van der Waals surface area contributed by atoms with E-state index in [-0.39, 0.29) is 23.4 Å². The lowest BCUT2D eigenvalue weighted by Gasteiger charge is -2.25. The van der Waals surface area contributed by atoms with Crippen molar-refractivity contribution in [3.8, 4) is 5.75 Å². The van der Waals surface area contributed by atoms with E-state index in [0.717, 1.165) is 5.56 Å². The Bertz CT molecular complexity index is 1240. The van der Waals surface area contributed by atoms with Crippen LogP contribution in [0.5, 0.6) is 5.75 Å². The molecule has 1 aliphatic heterocycles. The van der Waals surface area contributed by atoms with Gasteiger partial charge in [0.15, 0.2) is 0 Å². The molecule has 0 aliphatic carbocycles. The molecule has 1 saturated heterocycles. The number of likely N-dealkylation sites (tertiary alicyclic amines) is 1. The minimum absolute atomic E-state index is 0.0382. The van der Waals surface area contributed by atoms with Crippen molar-refractivity contribution in [3.05, 3.63) is 101 Å². The van der Waals surface area contributed by atoms with Crippen molar-refractivity contribution in [2.75, 3.05) is 6.61 Å². The van der Waals surface area contributed by atoms with Gasteiger partial charge in [-0.25, -0.2) is 4.39 Å². The highest BCUT2D eigenvalue weighted by Crippen LogP contribution is 2.41. The van der Waals surface area contributed by atoms with Gasteiger partial charge in [-0.3, -0.25) is 14.6 Å². The van der Waals surface area contributed by atoms with E-state index in [1.807, 2.05) is 13.8 Å². The van der Waals surface area contributed by atoms with Crippen LogP contribution in [0.3, 0.4) is 0 Å². The molecule has 1 fully saturated rings. The third kappa shape index (κ3) is 4.22. The van der Waals surface area contributed by atoms with Crippen LogP contribution >= 0.6 is 0 Å². The Morgan fingerprint density at radius 2 is 1.94 bits per heavy atom. The lowest BCUT2D eigenvalue weighted by atomic mass is 9.94. The van der Waals surface area contributed by atoms with Gasteiger partial charge in [-0.15, -0.1) is 0 Å². The number of Topliss-reactive ketones (excluding diaryl/α,β-unsaturated/α-hetero) is 1. The summed E-state index contributed by atoms with van der Waals surface area (Å²) in [6.45, 7) is 4.21. The monoisotopic (exact) mass is 446 g/mol. The lowest BCUT2D eigenvalue weighted by Crippen LogP contribution is -2.29. The SMILES string of the molecule is CCOc1ccc(C(O)=C2C(=O)C(=O)N(Cc3cccnc3)C2c2ccccc2F)cc1C. The van der Waals surface area contributed by atoms with Gasteiger partial charge in [-0.05, 0) is 55.3 Å². The molecule has 2 heterocycles. The van der Waals surface area contributed by atoms with Gasteiger partial charge in [-0.1, -0.05) is 24.3 Å². The second kappa shape index (κ2) is 9.24. The number of aliphatic hydroxyl groups excluding tert-OH is 1. The molecule has 1 unspecified atom stereocenters. The fraction of sp³-hybridized carbons (Fsp3) is 0.192. The molecule has 1 aliphatic rings. The van der Waals surface area contributed by atoms with Crippen LogP contribution in [0.2, 0.25) is 0 Å². The molecule has 6 nitrogen and oxygen atoms in total. The summed E-state index contributed by atoms with van der Waals surface area (Å²) in [5.41, 5.74) is 1.75. The van der Waals surface area contributed by atoms with Crippen LogP contribution in [0, 0.1) is 12.7 Å². The van der Waals surface area contributed by atoms with Crippen LogP contribution in [-0.2, 0) is 16.1 Å². The molecule has 1 atom stereocenters. The maximum absolute atomic E-state index is 14.9. The van der Waals surface area contributed by atoms with E-state index in [0.29, 0.717) is 23.5 Å². The predicted molar refractivity (Wildman–Crippen MR) is 121 cm³/mol. The van der Waals surface area contributed by atoms with E-state index in [2.05, 4.69) is 4.98 Å².